The third-order valence-electron chi connectivity index (χ3n) is 3.36. The molecule has 0 amide bonds. The predicted molar refractivity (Wildman–Crippen MR) is 95.6 cm³/mol. The summed E-state index contributed by atoms with van der Waals surface area (Å²) in [5.41, 5.74) is 13.1. The molecule has 7 nitrogen and oxygen atoms in total. The molecule has 1 aromatic heterocycles. The zero-order chi connectivity index (χ0) is 17.7. The Morgan fingerprint density at radius 2 is 2.17 bits per heavy atom. The van der Waals surface area contributed by atoms with Crippen molar-refractivity contribution in [2.24, 2.45) is 0 Å². The number of nitrogen functional groups attached to an aromatic ring is 2. The van der Waals surface area contributed by atoms with E-state index in [4.69, 9.17) is 11.5 Å². The number of carbonyl (C=O) groups is 1. The van der Waals surface area contributed by atoms with E-state index in [-0.39, 0.29) is 29.5 Å². The van der Waals surface area contributed by atoms with Crippen molar-refractivity contribution in [3.8, 4) is 6.07 Å². The maximum Gasteiger partial charge on any atom is 0.223 e. The van der Waals surface area contributed by atoms with Crippen LogP contribution in [0.25, 0.3) is 0 Å². The fraction of sp³-hybridized carbons (Fsp3) is 0.250. The Kier molecular flexibility index (Phi) is 5.60. The highest BCUT2D eigenvalue weighted by atomic mass is 32.2. The van der Waals surface area contributed by atoms with Crippen LogP contribution < -0.4 is 16.8 Å². The van der Waals surface area contributed by atoms with Crippen LogP contribution in [0.15, 0.2) is 29.3 Å². The van der Waals surface area contributed by atoms with Gasteiger partial charge in [-0.05, 0) is 30.9 Å². The van der Waals surface area contributed by atoms with E-state index in [1.54, 1.807) is 31.4 Å². The van der Waals surface area contributed by atoms with Gasteiger partial charge in [0.05, 0.1) is 6.04 Å². The summed E-state index contributed by atoms with van der Waals surface area (Å²) in [5.74, 6) is 0.270. The number of Topliss-reactive ketones (excluding diaryl/α,β-unsaturated/α-hetero) is 1. The molecule has 8 heteroatoms. The van der Waals surface area contributed by atoms with E-state index in [1.165, 1.54) is 11.8 Å². The molecular formula is C16H18N6OS. The highest BCUT2D eigenvalue weighted by Gasteiger charge is 2.19. The Morgan fingerprint density at radius 1 is 1.42 bits per heavy atom. The standard InChI is InChI=1S/C16H18N6OS/c1-9(13(23)7-10-4-3-5-11(18)6-10)20-14-12(8-17)15(24-2)22-16(19)21-14/h3-6,9H,7,18H2,1-2H3,(H3,19,20,21,22)/t9-/m0/s1. The lowest BCUT2D eigenvalue weighted by Crippen LogP contribution is -2.29. The van der Waals surface area contributed by atoms with E-state index in [1.807, 2.05) is 6.07 Å². The van der Waals surface area contributed by atoms with Gasteiger partial charge in [0.25, 0.3) is 0 Å². The van der Waals surface area contributed by atoms with Gasteiger partial charge in [0.1, 0.15) is 16.7 Å². The van der Waals surface area contributed by atoms with Crippen molar-refractivity contribution in [2.45, 2.75) is 24.4 Å². The topological polar surface area (TPSA) is 131 Å². The van der Waals surface area contributed by atoms with Crippen molar-refractivity contribution >= 4 is 35.0 Å². The zero-order valence-corrected chi connectivity index (χ0v) is 14.2. The Balaban J connectivity index is 2.17. The molecule has 24 heavy (non-hydrogen) atoms. The molecule has 0 radical (unpaired) electrons. The number of carbonyl (C=O) groups excluding carboxylic acids is 1. The Morgan fingerprint density at radius 3 is 2.79 bits per heavy atom. The molecule has 0 aliphatic carbocycles. The molecule has 0 aliphatic rings. The summed E-state index contributed by atoms with van der Waals surface area (Å²) in [6.07, 6.45) is 2.03. The molecule has 2 rings (SSSR count). The van der Waals surface area contributed by atoms with Crippen LogP contribution in [0.1, 0.15) is 18.1 Å². The fourth-order valence-corrected chi connectivity index (χ4v) is 2.68. The molecule has 0 unspecified atom stereocenters. The first-order valence-corrected chi connectivity index (χ1v) is 8.42. The molecule has 2 aromatic rings. The molecule has 0 aliphatic heterocycles. The van der Waals surface area contributed by atoms with E-state index in [0.717, 1.165) is 5.56 Å². The van der Waals surface area contributed by atoms with Crippen LogP contribution in [-0.4, -0.2) is 28.0 Å². The number of hydrogen-bond donors (Lipinski definition) is 3. The number of hydrogen-bond acceptors (Lipinski definition) is 8. The predicted octanol–water partition coefficient (Wildman–Crippen LogP) is 1.85. The number of thioether (sulfide) groups is 1. The average molecular weight is 342 g/mol. The number of rotatable bonds is 6. The first-order valence-electron chi connectivity index (χ1n) is 7.20. The minimum absolute atomic E-state index is 0.0487. The second-order valence-electron chi connectivity index (χ2n) is 5.18. The summed E-state index contributed by atoms with van der Waals surface area (Å²) < 4.78 is 0. The highest BCUT2D eigenvalue weighted by molar-refractivity contribution is 7.98. The van der Waals surface area contributed by atoms with Crippen molar-refractivity contribution in [2.75, 3.05) is 23.0 Å². The van der Waals surface area contributed by atoms with Crippen LogP contribution in [0, 0.1) is 11.3 Å². The van der Waals surface area contributed by atoms with Crippen molar-refractivity contribution < 1.29 is 4.79 Å². The summed E-state index contributed by atoms with van der Waals surface area (Å²) in [4.78, 5) is 20.5. The van der Waals surface area contributed by atoms with Gasteiger partial charge in [-0.1, -0.05) is 12.1 Å². The van der Waals surface area contributed by atoms with E-state index in [0.29, 0.717) is 10.7 Å². The van der Waals surface area contributed by atoms with Gasteiger partial charge in [-0.15, -0.1) is 11.8 Å². The van der Waals surface area contributed by atoms with Gasteiger partial charge in [-0.3, -0.25) is 4.79 Å². The van der Waals surface area contributed by atoms with Crippen molar-refractivity contribution in [3.63, 3.8) is 0 Å². The molecule has 1 heterocycles. The van der Waals surface area contributed by atoms with E-state index < -0.39 is 6.04 Å². The van der Waals surface area contributed by atoms with Crippen LogP contribution >= 0.6 is 11.8 Å². The lowest BCUT2D eigenvalue weighted by molar-refractivity contribution is -0.118. The smallest absolute Gasteiger partial charge is 0.223 e. The van der Waals surface area contributed by atoms with Crippen LogP contribution in [-0.2, 0) is 11.2 Å². The monoisotopic (exact) mass is 342 g/mol. The van der Waals surface area contributed by atoms with Crippen LogP contribution in [0.5, 0.6) is 0 Å². The van der Waals surface area contributed by atoms with E-state index >= 15 is 0 Å². The molecule has 0 saturated heterocycles. The summed E-state index contributed by atoms with van der Waals surface area (Å²) in [7, 11) is 0. The zero-order valence-electron chi connectivity index (χ0n) is 13.4. The molecular weight excluding hydrogens is 324 g/mol. The quantitative estimate of drug-likeness (QED) is 0.412. The Bertz CT molecular complexity index is 802. The van der Waals surface area contributed by atoms with Gasteiger partial charge in [-0.25, -0.2) is 4.98 Å². The third-order valence-corrected chi connectivity index (χ3v) is 4.05. The molecule has 0 saturated carbocycles. The third kappa shape index (κ3) is 4.14. The molecule has 5 N–H and O–H groups in total. The van der Waals surface area contributed by atoms with Gasteiger partial charge in [0.15, 0.2) is 11.6 Å². The van der Waals surface area contributed by atoms with E-state index in [9.17, 15) is 10.1 Å². The molecule has 124 valence electrons. The van der Waals surface area contributed by atoms with Crippen molar-refractivity contribution in [1.29, 1.82) is 5.26 Å². The Hall–Kier alpha value is -2.79. The number of ketones is 1. The second-order valence-corrected chi connectivity index (χ2v) is 5.98. The van der Waals surface area contributed by atoms with Gasteiger partial charge in [0.2, 0.25) is 5.95 Å². The first kappa shape index (κ1) is 17.6. The Labute approximate surface area is 144 Å². The summed E-state index contributed by atoms with van der Waals surface area (Å²) in [6.45, 7) is 1.72. The van der Waals surface area contributed by atoms with Crippen molar-refractivity contribution in [3.05, 3.63) is 35.4 Å². The van der Waals surface area contributed by atoms with Crippen LogP contribution in [0.2, 0.25) is 0 Å². The normalized spacial score (nSPS) is 11.5. The van der Waals surface area contributed by atoms with Crippen LogP contribution in [0.4, 0.5) is 17.5 Å². The fourth-order valence-electron chi connectivity index (χ4n) is 2.15. The lowest BCUT2D eigenvalue weighted by Gasteiger charge is -2.16. The highest BCUT2D eigenvalue weighted by Crippen LogP contribution is 2.24. The second kappa shape index (κ2) is 7.66. The summed E-state index contributed by atoms with van der Waals surface area (Å²) in [5, 5.41) is 12.8. The minimum Gasteiger partial charge on any atom is -0.399 e. The SMILES string of the molecule is CSc1nc(N)nc(N[C@@H](C)C(=O)Cc2cccc(N)c2)c1C#N. The first-order chi connectivity index (χ1) is 11.4. The number of aromatic nitrogens is 2. The minimum atomic E-state index is -0.539. The number of nitrogens with two attached hydrogens (primary N) is 2. The maximum atomic E-state index is 12.4. The van der Waals surface area contributed by atoms with Gasteiger partial charge >= 0.3 is 0 Å². The molecule has 1 atom stereocenters. The molecule has 1 aromatic carbocycles. The summed E-state index contributed by atoms with van der Waals surface area (Å²) >= 11 is 1.30. The maximum absolute atomic E-state index is 12.4. The molecule has 0 fully saturated rings. The lowest BCUT2D eigenvalue weighted by atomic mass is 10.0. The molecule has 0 bridgehead atoms. The average Bonchev–Trinajstić information content (AvgIpc) is 2.54. The van der Waals surface area contributed by atoms with Crippen LogP contribution in [0.3, 0.4) is 0 Å². The number of nitriles is 1. The number of nitrogens with zero attached hydrogens (tertiary/aromatic N) is 3. The molecule has 0 spiro atoms. The number of nitrogens with one attached hydrogen (secondary N) is 1. The van der Waals surface area contributed by atoms with Gasteiger partial charge in [0, 0.05) is 12.1 Å². The van der Waals surface area contributed by atoms with Crippen molar-refractivity contribution in [1.82, 2.24) is 9.97 Å². The van der Waals surface area contributed by atoms with Gasteiger partial charge < -0.3 is 16.8 Å². The van der Waals surface area contributed by atoms with E-state index in [2.05, 4.69) is 21.4 Å². The largest absolute Gasteiger partial charge is 0.399 e. The summed E-state index contributed by atoms with van der Waals surface area (Å²) in [6, 6.07) is 8.69. The number of benzene rings is 1. The van der Waals surface area contributed by atoms with Gasteiger partial charge in [-0.2, -0.15) is 10.2 Å². The number of anilines is 3.